The second kappa shape index (κ2) is 9.81. The van der Waals surface area contributed by atoms with Crippen molar-refractivity contribution in [2.75, 3.05) is 27.2 Å². The number of ether oxygens (including phenoxy) is 1. The second-order valence-corrected chi connectivity index (χ2v) is 9.98. The van der Waals surface area contributed by atoms with Crippen molar-refractivity contribution in [3.8, 4) is 0 Å². The molecule has 1 aliphatic heterocycles. The van der Waals surface area contributed by atoms with Crippen LogP contribution in [0.15, 0.2) is 53.4 Å². The number of amides is 2. The molecule has 172 valence electrons. The van der Waals surface area contributed by atoms with Gasteiger partial charge < -0.3 is 15.0 Å². The first-order valence-electron chi connectivity index (χ1n) is 10.4. The van der Waals surface area contributed by atoms with Crippen molar-refractivity contribution >= 4 is 21.8 Å². The van der Waals surface area contributed by atoms with Crippen LogP contribution < -0.4 is 5.32 Å². The Bertz CT molecular complexity index is 1080. The Balaban J connectivity index is 1.75. The highest BCUT2D eigenvalue weighted by Gasteiger charge is 2.32. The molecule has 2 atom stereocenters. The molecule has 2 amide bonds. The smallest absolute Gasteiger partial charge is 0.253 e. The molecule has 0 aliphatic carbocycles. The first-order chi connectivity index (χ1) is 15.1. The molecule has 32 heavy (non-hydrogen) atoms. The SMILES string of the molecule is CNC(=O)c1ccc(CN(C)C(=O)c2cccc(S(=O)(=O)N3C[C@H](C)O[C@@H](C)C3)c2)cc1. The summed E-state index contributed by atoms with van der Waals surface area (Å²) in [6.07, 6.45) is -0.390. The maximum atomic E-state index is 13.1. The predicted molar refractivity (Wildman–Crippen MR) is 121 cm³/mol. The zero-order chi connectivity index (χ0) is 23.5. The van der Waals surface area contributed by atoms with E-state index in [-0.39, 0.29) is 42.0 Å². The van der Waals surface area contributed by atoms with E-state index >= 15 is 0 Å². The van der Waals surface area contributed by atoms with Crippen molar-refractivity contribution in [1.29, 1.82) is 0 Å². The van der Waals surface area contributed by atoms with Gasteiger partial charge in [0.25, 0.3) is 11.8 Å². The Morgan fingerprint density at radius 3 is 2.28 bits per heavy atom. The van der Waals surface area contributed by atoms with Gasteiger partial charge in [0.2, 0.25) is 10.0 Å². The van der Waals surface area contributed by atoms with Crippen molar-refractivity contribution in [2.24, 2.45) is 0 Å². The number of sulfonamides is 1. The highest BCUT2D eigenvalue weighted by atomic mass is 32.2. The second-order valence-electron chi connectivity index (χ2n) is 8.04. The normalized spacial score (nSPS) is 19.4. The lowest BCUT2D eigenvalue weighted by atomic mass is 10.1. The van der Waals surface area contributed by atoms with Crippen LogP contribution >= 0.6 is 0 Å². The molecule has 0 bridgehead atoms. The van der Waals surface area contributed by atoms with Gasteiger partial charge in [0, 0.05) is 44.9 Å². The molecule has 1 fully saturated rings. The first kappa shape index (κ1) is 23.9. The molecule has 2 aromatic rings. The summed E-state index contributed by atoms with van der Waals surface area (Å²) in [5.41, 5.74) is 1.69. The molecule has 1 N–H and O–H groups in total. The predicted octanol–water partition coefficient (Wildman–Crippen LogP) is 2.12. The van der Waals surface area contributed by atoms with Crippen LogP contribution in [0.1, 0.15) is 40.1 Å². The van der Waals surface area contributed by atoms with Crippen molar-refractivity contribution < 1.29 is 22.7 Å². The van der Waals surface area contributed by atoms with Crippen LogP contribution in [0.5, 0.6) is 0 Å². The molecule has 3 rings (SSSR count). The van der Waals surface area contributed by atoms with Crippen LogP contribution in [0, 0.1) is 0 Å². The van der Waals surface area contributed by atoms with Gasteiger partial charge in [0.05, 0.1) is 17.1 Å². The van der Waals surface area contributed by atoms with Gasteiger partial charge in [-0.2, -0.15) is 4.31 Å². The topological polar surface area (TPSA) is 96.0 Å². The minimum absolute atomic E-state index is 0.0907. The molecule has 0 spiro atoms. The molecular formula is C23H29N3O5S. The fraction of sp³-hybridized carbons (Fsp3) is 0.391. The minimum atomic E-state index is -3.74. The maximum Gasteiger partial charge on any atom is 0.253 e. The van der Waals surface area contributed by atoms with E-state index in [0.717, 1.165) is 5.56 Å². The van der Waals surface area contributed by atoms with Gasteiger partial charge in [0.1, 0.15) is 0 Å². The number of rotatable bonds is 6. The monoisotopic (exact) mass is 459 g/mol. The van der Waals surface area contributed by atoms with E-state index in [0.29, 0.717) is 17.7 Å². The molecule has 1 aliphatic rings. The lowest BCUT2D eigenvalue weighted by molar-refractivity contribution is -0.0440. The number of carbonyl (C=O) groups excluding carboxylic acids is 2. The molecule has 8 nitrogen and oxygen atoms in total. The number of nitrogens with zero attached hydrogens (tertiary/aromatic N) is 2. The molecule has 0 unspecified atom stereocenters. The number of hydrogen-bond donors (Lipinski definition) is 1. The van der Waals surface area contributed by atoms with Crippen molar-refractivity contribution in [2.45, 2.75) is 37.5 Å². The quantitative estimate of drug-likeness (QED) is 0.714. The van der Waals surface area contributed by atoms with Crippen LogP contribution in [0.2, 0.25) is 0 Å². The molecule has 2 aromatic carbocycles. The zero-order valence-corrected chi connectivity index (χ0v) is 19.6. The van der Waals surface area contributed by atoms with E-state index in [1.165, 1.54) is 21.3 Å². The number of benzene rings is 2. The van der Waals surface area contributed by atoms with Crippen molar-refractivity contribution in [1.82, 2.24) is 14.5 Å². The average molecular weight is 460 g/mol. The van der Waals surface area contributed by atoms with E-state index in [2.05, 4.69) is 5.32 Å². The van der Waals surface area contributed by atoms with E-state index in [1.54, 1.807) is 50.5 Å². The van der Waals surface area contributed by atoms with Gasteiger partial charge in [0.15, 0.2) is 0 Å². The summed E-state index contributed by atoms with van der Waals surface area (Å²) >= 11 is 0. The van der Waals surface area contributed by atoms with E-state index in [4.69, 9.17) is 4.74 Å². The summed E-state index contributed by atoms with van der Waals surface area (Å²) < 4.78 is 33.3. The molecule has 0 aromatic heterocycles. The fourth-order valence-electron chi connectivity index (χ4n) is 3.74. The molecule has 1 heterocycles. The number of carbonyl (C=O) groups is 2. The molecule has 0 radical (unpaired) electrons. The van der Waals surface area contributed by atoms with E-state index in [9.17, 15) is 18.0 Å². The molecular weight excluding hydrogens is 430 g/mol. The van der Waals surface area contributed by atoms with Gasteiger partial charge in [-0.1, -0.05) is 18.2 Å². The van der Waals surface area contributed by atoms with Crippen LogP contribution in [0.3, 0.4) is 0 Å². The molecule has 0 saturated carbocycles. The molecule has 9 heteroatoms. The Hall–Kier alpha value is -2.75. The summed E-state index contributed by atoms with van der Waals surface area (Å²) in [4.78, 5) is 26.2. The van der Waals surface area contributed by atoms with Gasteiger partial charge in [-0.25, -0.2) is 8.42 Å². The third kappa shape index (κ3) is 5.35. The summed E-state index contributed by atoms with van der Waals surface area (Å²) in [7, 11) is -0.518. The van der Waals surface area contributed by atoms with E-state index in [1.807, 2.05) is 13.8 Å². The van der Waals surface area contributed by atoms with Gasteiger partial charge in [-0.3, -0.25) is 9.59 Å². The summed E-state index contributed by atoms with van der Waals surface area (Å²) in [5.74, 6) is -0.468. The Labute approximate surface area is 189 Å². The van der Waals surface area contributed by atoms with Crippen molar-refractivity contribution in [3.63, 3.8) is 0 Å². The van der Waals surface area contributed by atoms with Gasteiger partial charge >= 0.3 is 0 Å². The summed E-state index contributed by atoms with van der Waals surface area (Å²) in [6, 6.07) is 13.1. The van der Waals surface area contributed by atoms with Crippen LogP contribution in [0.4, 0.5) is 0 Å². The molecule has 1 saturated heterocycles. The Morgan fingerprint density at radius 1 is 1.06 bits per heavy atom. The maximum absolute atomic E-state index is 13.1. The van der Waals surface area contributed by atoms with Crippen molar-refractivity contribution in [3.05, 3.63) is 65.2 Å². The standard InChI is InChI=1S/C23H29N3O5S/c1-16-13-26(14-17(2)31-16)32(29,30)21-7-5-6-20(12-21)23(28)25(4)15-18-8-10-19(11-9-18)22(27)24-3/h5-12,16-17H,13-15H2,1-4H3,(H,24,27)/t16-,17-/m0/s1. The lowest BCUT2D eigenvalue weighted by Crippen LogP contribution is -2.48. The Kier molecular flexibility index (Phi) is 7.33. The zero-order valence-electron chi connectivity index (χ0n) is 18.7. The van der Waals surface area contributed by atoms with Gasteiger partial charge in [-0.15, -0.1) is 0 Å². The third-order valence-corrected chi connectivity index (χ3v) is 7.14. The number of nitrogens with one attached hydrogen (secondary N) is 1. The lowest BCUT2D eigenvalue weighted by Gasteiger charge is -2.34. The first-order valence-corrected chi connectivity index (χ1v) is 11.9. The average Bonchev–Trinajstić information content (AvgIpc) is 2.78. The van der Waals surface area contributed by atoms with Gasteiger partial charge in [-0.05, 0) is 49.7 Å². The number of hydrogen-bond acceptors (Lipinski definition) is 5. The number of morpholine rings is 1. The van der Waals surface area contributed by atoms with Crippen LogP contribution in [0.25, 0.3) is 0 Å². The minimum Gasteiger partial charge on any atom is -0.373 e. The van der Waals surface area contributed by atoms with Crippen LogP contribution in [-0.2, 0) is 21.3 Å². The van der Waals surface area contributed by atoms with E-state index < -0.39 is 10.0 Å². The highest BCUT2D eigenvalue weighted by Crippen LogP contribution is 2.22. The summed E-state index contributed by atoms with van der Waals surface area (Å²) in [5, 5.41) is 2.56. The third-order valence-electron chi connectivity index (χ3n) is 5.31. The fourth-order valence-corrected chi connectivity index (χ4v) is 5.37. The van der Waals surface area contributed by atoms with Crippen LogP contribution in [-0.4, -0.2) is 68.8 Å². The summed E-state index contributed by atoms with van der Waals surface area (Å²) in [6.45, 7) is 4.55. The Morgan fingerprint density at radius 2 is 1.69 bits per heavy atom. The highest BCUT2D eigenvalue weighted by molar-refractivity contribution is 7.89. The largest absolute Gasteiger partial charge is 0.373 e.